The van der Waals surface area contributed by atoms with Gasteiger partial charge in [0, 0.05) is 25.2 Å². The SMILES string of the molecule is CCC1CC(NC2CCCC2)CN(CC(N)=O)C1. The maximum Gasteiger partial charge on any atom is 0.231 e. The fourth-order valence-corrected chi connectivity index (χ4v) is 3.49. The number of nitrogens with zero attached hydrogens (tertiary/aromatic N) is 1. The summed E-state index contributed by atoms with van der Waals surface area (Å²) in [6, 6.07) is 1.26. The lowest BCUT2D eigenvalue weighted by Crippen LogP contribution is -2.53. The van der Waals surface area contributed by atoms with Crippen LogP contribution < -0.4 is 11.1 Å². The van der Waals surface area contributed by atoms with Crippen LogP contribution in [-0.4, -0.2) is 42.5 Å². The first kappa shape index (κ1) is 13.8. The maximum absolute atomic E-state index is 11.1. The van der Waals surface area contributed by atoms with Crippen LogP contribution in [-0.2, 0) is 4.79 Å². The third-order valence-electron chi connectivity index (χ3n) is 4.40. The molecule has 0 bridgehead atoms. The van der Waals surface area contributed by atoms with E-state index in [1.54, 1.807) is 0 Å². The van der Waals surface area contributed by atoms with Crippen molar-refractivity contribution < 1.29 is 4.79 Å². The standard InChI is InChI=1S/C14H27N3O/c1-2-11-7-13(16-12-5-3-4-6-12)9-17(8-11)10-14(15)18/h11-13,16H,2-10H2,1H3,(H2,15,18). The van der Waals surface area contributed by atoms with Crippen molar-refractivity contribution in [2.75, 3.05) is 19.6 Å². The first-order valence-electron chi connectivity index (χ1n) is 7.44. The number of carbonyl (C=O) groups is 1. The Bertz CT molecular complexity index is 276. The van der Waals surface area contributed by atoms with Gasteiger partial charge in [0.15, 0.2) is 0 Å². The molecule has 0 radical (unpaired) electrons. The van der Waals surface area contributed by atoms with E-state index in [1.165, 1.54) is 38.5 Å². The zero-order chi connectivity index (χ0) is 13.0. The molecule has 1 aliphatic carbocycles. The number of rotatable bonds is 5. The first-order valence-corrected chi connectivity index (χ1v) is 7.44. The molecule has 2 rings (SSSR count). The number of likely N-dealkylation sites (tertiary alicyclic amines) is 1. The van der Waals surface area contributed by atoms with Crippen molar-refractivity contribution in [1.29, 1.82) is 0 Å². The molecule has 1 saturated heterocycles. The van der Waals surface area contributed by atoms with Crippen LogP contribution in [0.3, 0.4) is 0 Å². The number of piperidine rings is 1. The summed E-state index contributed by atoms with van der Waals surface area (Å²) in [6.45, 7) is 4.67. The molecule has 104 valence electrons. The van der Waals surface area contributed by atoms with E-state index in [4.69, 9.17) is 5.73 Å². The average molecular weight is 253 g/mol. The predicted molar refractivity (Wildman–Crippen MR) is 73.2 cm³/mol. The molecule has 4 heteroatoms. The molecule has 1 amide bonds. The van der Waals surface area contributed by atoms with Crippen LogP contribution in [0.4, 0.5) is 0 Å². The average Bonchev–Trinajstić information content (AvgIpc) is 2.80. The summed E-state index contributed by atoms with van der Waals surface area (Å²) in [7, 11) is 0. The molecule has 0 spiro atoms. The Balaban J connectivity index is 1.86. The molecule has 3 N–H and O–H groups in total. The summed E-state index contributed by atoms with van der Waals surface area (Å²) < 4.78 is 0. The Hall–Kier alpha value is -0.610. The van der Waals surface area contributed by atoms with Crippen LogP contribution >= 0.6 is 0 Å². The van der Waals surface area contributed by atoms with E-state index in [1.807, 2.05) is 0 Å². The van der Waals surface area contributed by atoms with Gasteiger partial charge in [0.25, 0.3) is 0 Å². The van der Waals surface area contributed by atoms with Crippen LogP contribution in [0.15, 0.2) is 0 Å². The van der Waals surface area contributed by atoms with E-state index >= 15 is 0 Å². The largest absolute Gasteiger partial charge is 0.369 e. The number of carbonyl (C=O) groups excluding carboxylic acids is 1. The van der Waals surface area contributed by atoms with E-state index in [2.05, 4.69) is 17.1 Å². The van der Waals surface area contributed by atoms with Crippen LogP contribution in [0, 0.1) is 5.92 Å². The lowest BCUT2D eigenvalue weighted by molar-refractivity contribution is -0.119. The predicted octanol–water partition coefficient (Wildman–Crippen LogP) is 1.10. The number of hydrogen-bond donors (Lipinski definition) is 2. The fourth-order valence-electron chi connectivity index (χ4n) is 3.49. The van der Waals surface area contributed by atoms with Crippen LogP contribution in [0.5, 0.6) is 0 Å². The van der Waals surface area contributed by atoms with Gasteiger partial charge < -0.3 is 11.1 Å². The topological polar surface area (TPSA) is 58.4 Å². The highest BCUT2D eigenvalue weighted by atomic mass is 16.1. The maximum atomic E-state index is 11.1. The van der Waals surface area contributed by atoms with Gasteiger partial charge >= 0.3 is 0 Å². The van der Waals surface area contributed by atoms with Gasteiger partial charge in [-0.15, -0.1) is 0 Å². The molecule has 2 atom stereocenters. The van der Waals surface area contributed by atoms with Gasteiger partial charge in [0.2, 0.25) is 5.91 Å². The van der Waals surface area contributed by atoms with E-state index in [-0.39, 0.29) is 5.91 Å². The minimum absolute atomic E-state index is 0.202. The molecule has 1 heterocycles. The molecule has 0 aromatic rings. The Labute approximate surface area is 110 Å². The highest BCUT2D eigenvalue weighted by Gasteiger charge is 2.28. The lowest BCUT2D eigenvalue weighted by atomic mass is 9.91. The number of nitrogens with two attached hydrogens (primary N) is 1. The van der Waals surface area contributed by atoms with Crippen molar-refractivity contribution in [2.24, 2.45) is 11.7 Å². The zero-order valence-corrected chi connectivity index (χ0v) is 11.5. The van der Waals surface area contributed by atoms with Crippen molar-refractivity contribution in [3.05, 3.63) is 0 Å². The Kier molecular flexibility index (Phi) is 5.01. The molecule has 2 unspecified atom stereocenters. The normalized spacial score (nSPS) is 30.7. The molecule has 4 nitrogen and oxygen atoms in total. The van der Waals surface area contributed by atoms with Gasteiger partial charge in [0.1, 0.15) is 0 Å². The summed E-state index contributed by atoms with van der Waals surface area (Å²) in [6.07, 6.45) is 7.83. The van der Waals surface area contributed by atoms with Crippen molar-refractivity contribution in [3.63, 3.8) is 0 Å². The van der Waals surface area contributed by atoms with Crippen molar-refractivity contribution in [3.8, 4) is 0 Å². The summed E-state index contributed by atoms with van der Waals surface area (Å²) >= 11 is 0. The first-order chi connectivity index (χ1) is 8.67. The van der Waals surface area contributed by atoms with E-state index in [0.717, 1.165) is 13.1 Å². The molecule has 0 aromatic carbocycles. The smallest absolute Gasteiger partial charge is 0.231 e. The second kappa shape index (κ2) is 6.53. The zero-order valence-electron chi connectivity index (χ0n) is 11.5. The van der Waals surface area contributed by atoms with E-state index in [0.29, 0.717) is 24.5 Å². The quantitative estimate of drug-likeness (QED) is 0.771. The molecular weight excluding hydrogens is 226 g/mol. The van der Waals surface area contributed by atoms with Gasteiger partial charge in [-0.1, -0.05) is 26.2 Å². The highest BCUT2D eigenvalue weighted by molar-refractivity contribution is 5.75. The van der Waals surface area contributed by atoms with Gasteiger partial charge in [0.05, 0.1) is 6.54 Å². The molecule has 0 aromatic heterocycles. The molecular formula is C14H27N3O. The number of nitrogens with one attached hydrogen (secondary N) is 1. The van der Waals surface area contributed by atoms with Crippen LogP contribution in [0.1, 0.15) is 45.4 Å². The van der Waals surface area contributed by atoms with Gasteiger partial charge in [-0.2, -0.15) is 0 Å². The lowest BCUT2D eigenvalue weighted by Gasteiger charge is -2.38. The molecule has 1 aliphatic heterocycles. The summed E-state index contributed by atoms with van der Waals surface area (Å²) in [4.78, 5) is 13.3. The Morgan fingerprint density at radius 2 is 2.00 bits per heavy atom. The van der Waals surface area contributed by atoms with Gasteiger partial charge in [-0.3, -0.25) is 9.69 Å². The van der Waals surface area contributed by atoms with Crippen LogP contribution in [0.25, 0.3) is 0 Å². The second-order valence-corrected chi connectivity index (χ2v) is 6.02. The Morgan fingerprint density at radius 3 is 2.61 bits per heavy atom. The molecule has 2 fully saturated rings. The van der Waals surface area contributed by atoms with Crippen molar-refractivity contribution in [2.45, 2.75) is 57.5 Å². The van der Waals surface area contributed by atoms with E-state index < -0.39 is 0 Å². The van der Waals surface area contributed by atoms with Crippen LogP contribution in [0.2, 0.25) is 0 Å². The third-order valence-corrected chi connectivity index (χ3v) is 4.40. The summed E-state index contributed by atoms with van der Waals surface area (Å²) in [5, 5.41) is 3.79. The summed E-state index contributed by atoms with van der Waals surface area (Å²) in [5.74, 6) is 0.503. The minimum atomic E-state index is -0.202. The molecule has 2 aliphatic rings. The molecule has 18 heavy (non-hydrogen) atoms. The van der Waals surface area contributed by atoms with Crippen molar-refractivity contribution in [1.82, 2.24) is 10.2 Å². The van der Waals surface area contributed by atoms with E-state index in [9.17, 15) is 4.79 Å². The monoisotopic (exact) mass is 253 g/mol. The second-order valence-electron chi connectivity index (χ2n) is 6.02. The minimum Gasteiger partial charge on any atom is -0.369 e. The number of primary amides is 1. The number of amides is 1. The Morgan fingerprint density at radius 1 is 1.28 bits per heavy atom. The van der Waals surface area contributed by atoms with Gasteiger partial charge in [-0.05, 0) is 25.2 Å². The highest BCUT2D eigenvalue weighted by Crippen LogP contribution is 2.23. The summed E-state index contributed by atoms with van der Waals surface area (Å²) in [5.41, 5.74) is 5.32. The third kappa shape index (κ3) is 3.95. The van der Waals surface area contributed by atoms with Crippen molar-refractivity contribution >= 4 is 5.91 Å². The fraction of sp³-hybridized carbons (Fsp3) is 0.929. The number of hydrogen-bond acceptors (Lipinski definition) is 3. The van der Waals surface area contributed by atoms with Gasteiger partial charge in [-0.25, -0.2) is 0 Å². The molecule has 1 saturated carbocycles.